The molecule has 1 aromatic rings. The molecule has 1 aliphatic rings. The molecule has 1 saturated heterocycles. The summed E-state index contributed by atoms with van der Waals surface area (Å²) in [6.07, 6.45) is 2.21. The molecule has 0 N–H and O–H groups in total. The predicted molar refractivity (Wildman–Crippen MR) is 66.4 cm³/mol. The molecule has 19 heavy (non-hydrogen) atoms. The van der Waals surface area contributed by atoms with Gasteiger partial charge in [0, 0.05) is 32.3 Å². The van der Waals surface area contributed by atoms with Gasteiger partial charge in [0.05, 0.1) is 18.2 Å². The van der Waals surface area contributed by atoms with Gasteiger partial charge in [-0.2, -0.15) is 5.26 Å². The molecule has 6 heteroatoms. The fourth-order valence-corrected chi connectivity index (χ4v) is 1.98. The molecule has 1 amide bonds. The summed E-state index contributed by atoms with van der Waals surface area (Å²) in [5.41, 5.74) is 0.510. The molecule has 0 saturated carbocycles. The van der Waals surface area contributed by atoms with E-state index in [4.69, 9.17) is 14.7 Å². The van der Waals surface area contributed by atoms with Crippen LogP contribution in [0.2, 0.25) is 0 Å². The van der Waals surface area contributed by atoms with Gasteiger partial charge in [0.2, 0.25) is 11.8 Å². The molecular formula is C13H15N3O3. The molecule has 1 fully saturated rings. The first-order valence-corrected chi connectivity index (χ1v) is 6.02. The van der Waals surface area contributed by atoms with Crippen LogP contribution in [0.3, 0.4) is 0 Å². The van der Waals surface area contributed by atoms with E-state index in [0.29, 0.717) is 24.5 Å². The zero-order valence-corrected chi connectivity index (χ0v) is 10.7. The summed E-state index contributed by atoms with van der Waals surface area (Å²) in [6.45, 7) is 1.28. The number of pyridine rings is 1. The third-order valence-corrected chi connectivity index (χ3v) is 2.92. The second-order valence-corrected chi connectivity index (χ2v) is 4.30. The Morgan fingerprint density at radius 1 is 1.68 bits per heavy atom. The number of rotatable bonds is 4. The fraction of sp³-hybridized carbons (Fsp3) is 0.462. The van der Waals surface area contributed by atoms with Crippen molar-refractivity contribution in [3.8, 4) is 11.9 Å². The van der Waals surface area contributed by atoms with Gasteiger partial charge in [0.25, 0.3) is 0 Å². The van der Waals surface area contributed by atoms with Gasteiger partial charge in [0.1, 0.15) is 12.7 Å². The highest BCUT2D eigenvalue weighted by Crippen LogP contribution is 2.17. The maximum absolute atomic E-state index is 11.6. The van der Waals surface area contributed by atoms with Crippen LogP contribution in [0.1, 0.15) is 12.0 Å². The Hall–Kier alpha value is -2.13. The average Bonchev–Trinajstić information content (AvgIpc) is 2.88. The molecule has 100 valence electrons. The standard InChI is InChI=1S/C13H15N3O3/c1-18-9-13(17)16-5-3-11(8-16)19-12-6-10(7-14)2-4-15-12/h2,4,6,11H,3,5,8-9H2,1H3. The van der Waals surface area contributed by atoms with Gasteiger partial charge in [-0.3, -0.25) is 4.79 Å². The lowest BCUT2D eigenvalue weighted by atomic mass is 10.3. The second-order valence-electron chi connectivity index (χ2n) is 4.30. The number of carbonyl (C=O) groups excluding carboxylic acids is 1. The van der Waals surface area contributed by atoms with E-state index in [1.165, 1.54) is 13.3 Å². The van der Waals surface area contributed by atoms with Crippen molar-refractivity contribution in [2.45, 2.75) is 12.5 Å². The Kier molecular flexibility index (Phi) is 4.31. The number of hydrogen-bond acceptors (Lipinski definition) is 5. The van der Waals surface area contributed by atoms with Gasteiger partial charge < -0.3 is 14.4 Å². The van der Waals surface area contributed by atoms with E-state index in [1.54, 1.807) is 17.0 Å². The smallest absolute Gasteiger partial charge is 0.248 e. The highest BCUT2D eigenvalue weighted by Gasteiger charge is 2.27. The summed E-state index contributed by atoms with van der Waals surface area (Å²) in [6, 6.07) is 5.25. The van der Waals surface area contributed by atoms with E-state index in [1.807, 2.05) is 6.07 Å². The maximum atomic E-state index is 11.6. The molecular weight excluding hydrogens is 246 g/mol. The van der Waals surface area contributed by atoms with Crippen LogP contribution in [-0.2, 0) is 9.53 Å². The van der Waals surface area contributed by atoms with Crippen molar-refractivity contribution in [3.05, 3.63) is 23.9 Å². The lowest BCUT2D eigenvalue weighted by Crippen LogP contribution is -2.33. The molecule has 0 aliphatic carbocycles. The van der Waals surface area contributed by atoms with Crippen LogP contribution in [0.25, 0.3) is 0 Å². The summed E-state index contributed by atoms with van der Waals surface area (Å²) in [7, 11) is 1.50. The fourth-order valence-electron chi connectivity index (χ4n) is 1.98. The molecule has 2 rings (SSSR count). The first-order valence-electron chi connectivity index (χ1n) is 6.02. The molecule has 1 aliphatic heterocycles. The van der Waals surface area contributed by atoms with Crippen LogP contribution >= 0.6 is 0 Å². The molecule has 1 atom stereocenters. The third kappa shape index (κ3) is 3.42. The van der Waals surface area contributed by atoms with E-state index in [0.717, 1.165) is 6.42 Å². The zero-order chi connectivity index (χ0) is 13.7. The largest absolute Gasteiger partial charge is 0.472 e. The summed E-state index contributed by atoms with van der Waals surface area (Å²) in [5, 5.41) is 8.80. The topological polar surface area (TPSA) is 75.4 Å². The third-order valence-electron chi connectivity index (χ3n) is 2.92. The summed E-state index contributed by atoms with van der Waals surface area (Å²) < 4.78 is 10.5. The highest BCUT2D eigenvalue weighted by atomic mass is 16.5. The minimum Gasteiger partial charge on any atom is -0.472 e. The molecule has 0 radical (unpaired) electrons. The minimum atomic E-state index is -0.0813. The number of methoxy groups -OCH3 is 1. The van der Waals surface area contributed by atoms with Gasteiger partial charge in [-0.15, -0.1) is 0 Å². The van der Waals surface area contributed by atoms with Crippen molar-refractivity contribution in [2.75, 3.05) is 26.8 Å². The number of likely N-dealkylation sites (tertiary alicyclic amines) is 1. The van der Waals surface area contributed by atoms with Crippen LogP contribution in [-0.4, -0.2) is 48.7 Å². The number of nitriles is 1. The number of nitrogens with zero attached hydrogens (tertiary/aromatic N) is 3. The lowest BCUT2D eigenvalue weighted by molar-refractivity contribution is -0.134. The zero-order valence-electron chi connectivity index (χ0n) is 10.7. The van der Waals surface area contributed by atoms with E-state index in [9.17, 15) is 4.79 Å². The maximum Gasteiger partial charge on any atom is 0.248 e. The average molecular weight is 261 g/mol. The van der Waals surface area contributed by atoms with Crippen LogP contribution in [0.4, 0.5) is 0 Å². The summed E-state index contributed by atoms with van der Waals surface area (Å²) in [4.78, 5) is 17.4. The predicted octanol–water partition coefficient (Wildman–Crippen LogP) is 0.579. The van der Waals surface area contributed by atoms with Crippen molar-refractivity contribution >= 4 is 5.91 Å². The summed E-state index contributed by atoms with van der Waals surface area (Å²) in [5.74, 6) is 0.387. The lowest BCUT2D eigenvalue weighted by Gasteiger charge is -2.16. The first kappa shape index (κ1) is 13.3. The molecule has 6 nitrogen and oxygen atoms in total. The molecule has 2 heterocycles. The molecule has 0 bridgehead atoms. The van der Waals surface area contributed by atoms with Gasteiger partial charge in [-0.1, -0.05) is 0 Å². The first-order chi connectivity index (χ1) is 9.22. The second kappa shape index (κ2) is 6.16. The molecule has 0 aromatic carbocycles. The van der Waals surface area contributed by atoms with Crippen LogP contribution < -0.4 is 4.74 Å². The van der Waals surface area contributed by atoms with Gasteiger partial charge in [-0.05, 0) is 6.07 Å². The van der Waals surface area contributed by atoms with E-state index in [-0.39, 0.29) is 18.6 Å². The Labute approximate surface area is 111 Å². The van der Waals surface area contributed by atoms with Gasteiger partial charge >= 0.3 is 0 Å². The number of amides is 1. The summed E-state index contributed by atoms with van der Waals surface area (Å²) >= 11 is 0. The Balaban J connectivity index is 1.91. The SMILES string of the molecule is COCC(=O)N1CCC(Oc2cc(C#N)ccn2)C1. The van der Waals surface area contributed by atoms with Crippen molar-refractivity contribution in [3.63, 3.8) is 0 Å². The molecule has 0 spiro atoms. The van der Waals surface area contributed by atoms with Crippen LogP contribution in [0.5, 0.6) is 5.88 Å². The van der Waals surface area contributed by atoms with Gasteiger partial charge in [-0.25, -0.2) is 4.98 Å². The molecule has 1 unspecified atom stereocenters. The monoisotopic (exact) mass is 261 g/mol. The Morgan fingerprint density at radius 2 is 2.53 bits per heavy atom. The van der Waals surface area contributed by atoms with Crippen LogP contribution in [0, 0.1) is 11.3 Å². The minimum absolute atomic E-state index is 0.0349. The van der Waals surface area contributed by atoms with E-state index in [2.05, 4.69) is 4.98 Å². The van der Waals surface area contributed by atoms with E-state index < -0.39 is 0 Å². The highest BCUT2D eigenvalue weighted by molar-refractivity contribution is 5.77. The van der Waals surface area contributed by atoms with E-state index >= 15 is 0 Å². The van der Waals surface area contributed by atoms with Crippen LogP contribution in [0.15, 0.2) is 18.3 Å². The molecule has 1 aromatic heterocycles. The number of hydrogen-bond donors (Lipinski definition) is 0. The Morgan fingerprint density at radius 3 is 3.26 bits per heavy atom. The van der Waals surface area contributed by atoms with Crippen molar-refractivity contribution in [1.29, 1.82) is 5.26 Å². The van der Waals surface area contributed by atoms with Gasteiger partial charge in [0.15, 0.2) is 0 Å². The quantitative estimate of drug-likeness (QED) is 0.792. The van der Waals surface area contributed by atoms with Crippen molar-refractivity contribution in [2.24, 2.45) is 0 Å². The Bertz CT molecular complexity index is 498. The van der Waals surface area contributed by atoms with Crippen molar-refractivity contribution in [1.82, 2.24) is 9.88 Å². The normalized spacial score (nSPS) is 18.1. The number of aromatic nitrogens is 1. The van der Waals surface area contributed by atoms with Crippen molar-refractivity contribution < 1.29 is 14.3 Å². The number of carbonyl (C=O) groups is 1. The number of ether oxygens (including phenoxy) is 2.